The second-order valence-corrected chi connectivity index (χ2v) is 9.50. The van der Waals surface area contributed by atoms with Crippen LogP contribution in [0.3, 0.4) is 0 Å². The number of aryl methyl sites for hydroxylation is 1. The van der Waals surface area contributed by atoms with Crippen LogP contribution in [0.4, 0.5) is 10.8 Å². The molecule has 0 saturated carbocycles. The minimum atomic E-state index is -3.76. The summed E-state index contributed by atoms with van der Waals surface area (Å²) in [5.41, 5.74) is 2.56. The van der Waals surface area contributed by atoms with Crippen molar-refractivity contribution in [2.75, 3.05) is 17.1 Å². The highest BCUT2D eigenvalue weighted by Gasteiger charge is 2.18. The lowest BCUT2D eigenvalue weighted by Crippen LogP contribution is -2.12. The zero-order valence-electron chi connectivity index (χ0n) is 16.7. The molecule has 1 heterocycles. The number of carbonyl (C=O) groups is 1. The topological polar surface area (TPSA) is 97.4 Å². The van der Waals surface area contributed by atoms with E-state index in [1.165, 1.54) is 19.2 Å². The Morgan fingerprint density at radius 3 is 2.52 bits per heavy atom. The standard InChI is InChI=1S/C22H19N3O4S2/c1-14-7-6-8-15(11-14)21(26)23-16-12-18(29-2)20-19(13-16)30-22(24-20)25-31(27,28)17-9-4-3-5-10-17/h3-13H,1-2H3,(H,23,26)(H,24,25). The van der Waals surface area contributed by atoms with E-state index in [0.717, 1.165) is 16.9 Å². The zero-order chi connectivity index (χ0) is 22.0. The SMILES string of the molecule is COc1cc(NC(=O)c2cccc(C)c2)cc2sc(NS(=O)(=O)c3ccccc3)nc12. The van der Waals surface area contributed by atoms with Crippen LogP contribution in [0.1, 0.15) is 15.9 Å². The number of benzene rings is 3. The first kappa shape index (κ1) is 20.8. The largest absolute Gasteiger partial charge is 0.494 e. The van der Waals surface area contributed by atoms with E-state index in [0.29, 0.717) is 27.2 Å². The fourth-order valence-corrected chi connectivity index (χ4v) is 5.21. The Kier molecular flexibility index (Phi) is 5.62. The summed E-state index contributed by atoms with van der Waals surface area (Å²) in [7, 11) is -2.27. The fourth-order valence-electron chi connectivity index (χ4n) is 3.03. The molecule has 1 aromatic heterocycles. The Morgan fingerprint density at radius 2 is 1.81 bits per heavy atom. The van der Waals surface area contributed by atoms with Crippen LogP contribution in [-0.2, 0) is 10.0 Å². The number of fused-ring (bicyclic) bond motifs is 1. The molecule has 0 unspecified atom stereocenters. The predicted octanol–water partition coefficient (Wildman–Crippen LogP) is 4.67. The first-order chi connectivity index (χ1) is 14.9. The number of carbonyl (C=O) groups excluding carboxylic acids is 1. The van der Waals surface area contributed by atoms with Gasteiger partial charge in [-0.3, -0.25) is 9.52 Å². The van der Waals surface area contributed by atoms with Gasteiger partial charge >= 0.3 is 0 Å². The van der Waals surface area contributed by atoms with Gasteiger partial charge < -0.3 is 10.1 Å². The smallest absolute Gasteiger partial charge is 0.263 e. The van der Waals surface area contributed by atoms with Crippen molar-refractivity contribution in [2.45, 2.75) is 11.8 Å². The number of amides is 1. The van der Waals surface area contributed by atoms with Crippen molar-refractivity contribution in [3.63, 3.8) is 0 Å². The summed E-state index contributed by atoms with van der Waals surface area (Å²) < 4.78 is 33.8. The normalized spacial score (nSPS) is 11.3. The van der Waals surface area contributed by atoms with Crippen LogP contribution in [-0.4, -0.2) is 26.4 Å². The van der Waals surface area contributed by atoms with Crippen molar-refractivity contribution in [1.29, 1.82) is 0 Å². The highest BCUT2D eigenvalue weighted by Crippen LogP contribution is 2.36. The Morgan fingerprint density at radius 1 is 1.03 bits per heavy atom. The Balaban J connectivity index is 1.64. The summed E-state index contributed by atoms with van der Waals surface area (Å²) in [6, 6.07) is 18.7. The summed E-state index contributed by atoms with van der Waals surface area (Å²) >= 11 is 1.16. The van der Waals surface area contributed by atoms with Gasteiger partial charge in [-0.25, -0.2) is 13.4 Å². The van der Waals surface area contributed by atoms with E-state index >= 15 is 0 Å². The summed E-state index contributed by atoms with van der Waals surface area (Å²) in [6.45, 7) is 1.92. The number of methoxy groups -OCH3 is 1. The molecule has 7 nitrogen and oxygen atoms in total. The van der Waals surface area contributed by atoms with E-state index in [1.807, 2.05) is 19.1 Å². The van der Waals surface area contributed by atoms with E-state index in [2.05, 4.69) is 15.0 Å². The van der Waals surface area contributed by atoms with Gasteiger partial charge in [0, 0.05) is 17.3 Å². The summed E-state index contributed by atoms with van der Waals surface area (Å²) in [4.78, 5) is 17.1. The second-order valence-electron chi connectivity index (χ2n) is 6.79. The van der Waals surface area contributed by atoms with Gasteiger partial charge in [-0.05, 0) is 37.3 Å². The molecule has 31 heavy (non-hydrogen) atoms. The molecule has 158 valence electrons. The summed E-state index contributed by atoms with van der Waals surface area (Å²) in [5, 5.41) is 3.06. The highest BCUT2D eigenvalue weighted by molar-refractivity contribution is 7.93. The van der Waals surface area contributed by atoms with Gasteiger partial charge in [-0.2, -0.15) is 0 Å². The van der Waals surface area contributed by atoms with Gasteiger partial charge in [-0.1, -0.05) is 47.2 Å². The molecule has 2 N–H and O–H groups in total. The molecule has 0 fully saturated rings. The molecular formula is C22H19N3O4S2. The molecule has 0 radical (unpaired) electrons. The number of ether oxygens (including phenoxy) is 1. The van der Waals surface area contributed by atoms with Gasteiger partial charge in [0.05, 0.1) is 16.7 Å². The number of nitrogens with zero attached hydrogens (tertiary/aromatic N) is 1. The van der Waals surface area contributed by atoms with Crippen molar-refractivity contribution in [1.82, 2.24) is 4.98 Å². The lowest BCUT2D eigenvalue weighted by Gasteiger charge is -2.08. The maximum absolute atomic E-state index is 12.6. The lowest BCUT2D eigenvalue weighted by atomic mass is 10.1. The van der Waals surface area contributed by atoms with Crippen molar-refractivity contribution < 1.29 is 17.9 Å². The second kappa shape index (κ2) is 8.37. The minimum Gasteiger partial charge on any atom is -0.494 e. The van der Waals surface area contributed by atoms with Crippen molar-refractivity contribution >= 4 is 48.3 Å². The third kappa shape index (κ3) is 4.52. The molecule has 0 bridgehead atoms. The van der Waals surface area contributed by atoms with Crippen LogP contribution in [0.5, 0.6) is 5.75 Å². The Bertz CT molecular complexity index is 1370. The van der Waals surface area contributed by atoms with E-state index in [1.54, 1.807) is 42.5 Å². The van der Waals surface area contributed by atoms with Gasteiger partial charge in [0.2, 0.25) is 0 Å². The first-order valence-corrected chi connectivity index (χ1v) is 11.6. The van der Waals surface area contributed by atoms with Crippen LogP contribution in [0.25, 0.3) is 10.2 Å². The molecule has 1 amide bonds. The van der Waals surface area contributed by atoms with Crippen molar-refractivity contribution in [3.05, 3.63) is 77.9 Å². The molecule has 0 atom stereocenters. The molecule has 0 aliphatic heterocycles. The van der Waals surface area contributed by atoms with Crippen LogP contribution in [0, 0.1) is 6.92 Å². The quantitative estimate of drug-likeness (QED) is 0.442. The Labute approximate surface area is 183 Å². The van der Waals surface area contributed by atoms with E-state index in [9.17, 15) is 13.2 Å². The third-order valence-electron chi connectivity index (χ3n) is 4.49. The summed E-state index contributed by atoms with van der Waals surface area (Å²) in [5.74, 6) is 0.179. The molecule has 0 saturated heterocycles. The van der Waals surface area contributed by atoms with E-state index in [4.69, 9.17) is 4.74 Å². The van der Waals surface area contributed by atoms with Crippen LogP contribution in [0.15, 0.2) is 71.6 Å². The maximum atomic E-state index is 12.6. The lowest BCUT2D eigenvalue weighted by molar-refractivity contribution is 0.102. The van der Waals surface area contributed by atoms with Crippen molar-refractivity contribution in [3.8, 4) is 5.75 Å². The maximum Gasteiger partial charge on any atom is 0.263 e. The molecule has 0 aliphatic carbocycles. The van der Waals surface area contributed by atoms with Crippen LogP contribution < -0.4 is 14.8 Å². The fraction of sp³-hybridized carbons (Fsp3) is 0.0909. The molecule has 4 aromatic rings. The molecule has 9 heteroatoms. The number of nitrogens with one attached hydrogen (secondary N) is 2. The number of anilines is 2. The minimum absolute atomic E-state index is 0.146. The average molecular weight is 454 g/mol. The number of thiazole rings is 1. The Hall–Kier alpha value is -3.43. The zero-order valence-corrected chi connectivity index (χ0v) is 18.4. The number of sulfonamides is 1. The molecule has 0 aliphatic rings. The molecule has 4 rings (SSSR count). The number of hydrogen-bond donors (Lipinski definition) is 2. The van der Waals surface area contributed by atoms with E-state index in [-0.39, 0.29) is 15.9 Å². The molecule has 0 spiro atoms. The van der Waals surface area contributed by atoms with Gasteiger partial charge in [-0.15, -0.1) is 0 Å². The van der Waals surface area contributed by atoms with Crippen molar-refractivity contribution in [2.24, 2.45) is 0 Å². The van der Waals surface area contributed by atoms with E-state index < -0.39 is 10.0 Å². The highest BCUT2D eigenvalue weighted by atomic mass is 32.2. The first-order valence-electron chi connectivity index (χ1n) is 9.30. The number of hydrogen-bond acceptors (Lipinski definition) is 6. The molecule has 3 aromatic carbocycles. The predicted molar refractivity (Wildman–Crippen MR) is 123 cm³/mol. The van der Waals surface area contributed by atoms with Gasteiger partial charge in [0.1, 0.15) is 11.3 Å². The number of aromatic nitrogens is 1. The van der Waals surface area contributed by atoms with Crippen LogP contribution >= 0.6 is 11.3 Å². The summed E-state index contributed by atoms with van der Waals surface area (Å²) in [6.07, 6.45) is 0. The number of rotatable bonds is 6. The molecular weight excluding hydrogens is 434 g/mol. The van der Waals surface area contributed by atoms with Crippen LogP contribution in [0.2, 0.25) is 0 Å². The van der Waals surface area contributed by atoms with Gasteiger partial charge in [0.15, 0.2) is 5.13 Å². The average Bonchev–Trinajstić information content (AvgIpc) is 3.15. The third-order valence-corrected chi connectivity index (χ3v) is 6.90. The van der Waals surface area contributed by atoms with Gasteiger partial charge in [0.25, 0.3) is 15.9 Å². The monoisotopic (exact) mass is 453 g/mol.